The molecule has 2 saturated carbocycles. The molecule has 1 N–H and O–H groups in total. The molecule has 9 nitrogen and oxygen atoms in total. The number of amides is 2. The van der Waals surface area contributed by atoms with Crippen molar-refractivity contribution < 1.29 is 23.6 Å². The summed E-state index contributed by atoms with van der Waals surface area (Å²) in [4.78, 5) is 56.6. The van der Waals surface area contributed by atoms with Crippen LogP contribution < -0.4 is 14.5 Å². The van der Waals surface area contributed by atoms with Crippen LogP contribution in [-0.4, -0.2) is 27.0 Å². The minimum Gasteiger partial charge on any atom is -0.489 e. The highest BCUT2D eigenvalue weighted by molar-refractivity contribution is 8.00. The van der Waals surface area contributed by atoms with Crippen LogP contribution in [0.4, 0.5) is 15.8 Å². The zero-order valence-corrected chi connectivity index (χ0v) is 24.6. The van der Waals surface area contributed by atoms with Crippen molar-refractivity contribution in [3.63, 3.8) is 0 Å². The number of nitro groups is 1. The molecule has 7 atom stereocenters. The molecule has 44 heavy (non-hydrogen) atoms. The van der Waals surface area contributed by atoms with Crippen molar-refractivity contribution >= 4 is 46.3 Å². The van der Waals surface area contributed by atoms with Gasteiger partial charge in [-0.2, -0.15) is 0 Å². The highest BCUT2D eigenvalue weighted by Crippen LogP contribution is 2.69. The lowest BCUT2D eigenvalue weighted by atomic mass is 9.68. The van der Waals surface area contributed by atoms with Crippen LogP contribution in [0.25, 0.3) is 0 Å². The smallest absolute Gasteiger partial charge is 0.305 e. The van der Waals surface area contributed by atoms with Gasteiger partial charge in [-0.15, -0.1) is 11.8 Å². The Bertz CT molecular complexity index is 1890. The Morgan fingerprint density at radius 2 is 1.70 bits per heavy atom. The number of rotatable bonds is 6. The van der Waals surface area contributed by atoms with Gasteiger partial charge in [-0.05, 0) is 60.1 Å². The molecule has 0 spiro atoms. The number of aromatic amines is 1. The number of imide groups is 1. The van der Waals surface area contributed by atoms with E-state index in [0.717, 1.165) is 21.8 Å². The number of fused-ring (bicyclic) bond motifs is 9. The summed E-state index contributed by atoms with van der Waals surface area (Å²) < 4.78 is 20.0. The highest BCUT2D eigenvalue weighted by Gasteiger charge is 2.70. The van der Waals surface area contributed by atoms with E-state index in [-0.39, 0.29) is 52.0 Å². The average molecular weight is 630 g/mol. The highest BCUT2D eigenvalue weighted by atomic mass is 32.2. The third kappa shape index (κ3) is 4.07. The number of halogens is 1. The van der Waals surface area contributed by atoms with E-state index in [1.165, 1.54) is 53.1 Å². The van der Waals surface area contributed by atoms with E-state index in [1.807, 2.05) is 30.3 Å². The first-order valence-electron chi connectivity index (χ1n) is 14.3. The Balaban J connectivity index is 1.23. The number of benzene rings is 3. The molecule has 1 saturated heterocycles. The molecule has 3 heterocycles. The summed E-state index contributed by atoms with van der Waals surface area (Å²) in [6, 6.07) is 19.5. The van der Waals surface area contributed by atoms with Crippen LogP contribution in [0.3, 0.4) is 0 Å². The van der Waals surface area contributed by atoms with Crippen molar-refractivity contribution in [2.45, 2.75) is 29.2 Å². The molecule has 5 unspecified atom stereocenters. The predicted molar refractivity (Wildman–Crippen MR) is 161 cm³/mol. The van der Waals surface area contributed by atoms with Crippen molar-refractivity contribution in [1.29, 1.82) is 0 Å². The van der Waals surface area contributed by atoms with Gasteiger partial charge in [0.05, 0.1) is 27.5 Å². The third-order valence-electron chi connectivity index (χ3n) is 9.59. The number of anilines is 1. The first-order chi connectivity index (χ1) is 21.3. The summed E-state index contributed by atoms with van der Waals surface area (Å²) in [5.74, 6) is -2.58. The lowest BCUT2D eigenvalue weighted by Crippen LogP contribution is -2.42. The molecular weight excluding hydrogens is 605 g/mol. The van der Waals surface area contributed by atoms with Gasteiger partial charge in [-0.3, -0.25) is 29.4 Å². The van der Waals surface area contributed by atoms with Crippen LogP contribution in [0.2, 0.25) is 0 Å². The fraction of sp³-hybridized carbons (Fsp3) is 0.281. The summed E-state index contributed by atoms with van der Waals surface area (Å²) >= 11 is 2.61. The van der Waals surface area contributed by atoms with E-state index >= 15 is 0 Å². The number of carbonyl (C=O) groups is 2. The van der Waals surface area contributed by atoms with Gasteiger partial charge in [0, 0.05) is 33.7 Å². The number of H-pyrrole nitrogens is 1. The van der Waals surface area contributed by atoms with Gasteiger partial charge in [0.1, 0.15) is 18.2 Å². The van der Waals surface area contributed by atoms with Crippen LogP contribution in [0.15, 0.2) is 82.6 Å². The molecule has 222 valence electrons. The van der Waals surface area contributed by atoms with E-state index in [2.05, 4.69) is 4.98 Å². The second-order valence-electron chi connectivity index (χ2n) is 11.7. The number of nitro benzene ring substituents is 1. The predicted octanol–water partition coefficient (Wildman–Crippen LogP) is 5.74. The lowest BCUT2D eigenvalue weighted by molar-refractivity contribution is -0.385. The van der Waals surface area contributed by atoms with Crippen molar-refractivity contribution in [2.24, 2.45) is 29.6 Å². The van der Waals surface area contributed by atoms with E-state index in [9.17, 15) is 28.9 Å². The Hall–Kier alpha value is -4.29. The molecular formula is C32H24FN3O6S2. The summed E-state index contributed by atoms with van der Waals surface area (Å²) in [5, 5.41) is 12.5. The molecule has 2 bridgehead atoms. The molecule has 3 aromatic carbocycles. The average Bonchev–Trinajstić information content (AvgIpc) is 3.76. The number of nitrogens with zero attached hydrogens (tertiary/aromatic N) is 2. The first-order valence-corrected chi connectivity index (χ1v) is 16.0. The molecule has 2 amide bonds. The zero-order chi connectivity index (χ0) is 30.3. The second-order valence-corrected chi connectivity index (χ2v) is 13.9. The Kier molecular flexibility index (Phi) is 6.28. The lowest BCUT2D eigenvalue weighted by Gasteiger charge is -2.43. The minimum atomic E-state index is -0.563. The molecule has 8 rings (SSSR count). The quantitative estimate of drug-likeness (QED) is 0.164. The van der Waals surface area contributed by atoms with Crippen LogP contribution in [0, 0.1) is 45.5 Å². The molecule has 2 aliphatic carbocycles. The number of aromatic nitrogens is 1. The normalized spacial score (nSPS) is 28.1. The van der Waals surface area contributed by atoms with Crippen molar-refractivity contribution in [3.8, 4) is 5.75 Å². The second kappa shape index (κ2) is 10.1. The summed E-state index contributed by atoms with van der Waals surface area (Å²) in [6.45, 7) is 0.244. The Labute approximate surface area is 258 Å². The number of non-ortho nitro benzene ring substituents is 1. The first kappa shape index (κ1) is 27.3. The van der Waals surface area contributed by atoms with Crippen LogP contribution in [0.5, 0.6) is 5.75 Å². The number of hydrogen-bond donors (Lipinski definition) is 1. The molecule has 12 heteroatoms. The summed E-state index contributed by atoms with van der Waals surface area (Å²) in [5.41, 5.74) is 1.78. The maximum Gasteiger partial charge on any atom is 0.305 e. The van der Waals surface area contributed by atoms with Gasteiger partial charge in [-0.25, -0.2) is 4.39 Å². The molecule has 3 fully saturated rings. The number of carbonyl (C=O) groups excluding carboxylic acids is 2. The van der Waals surface area contributed by atoms with E-state index in [4.69, 9.17) is 4.74 Å². The fourth-order valence-electron chi connectivity index (χ4n) is 7.97. The topological polar surface area (TPSA) is 123 Å². The monoisotopic (exact) mass is 629 g/mol. The van der Waals surface area contributed by atoms with E-state index < -0.39 is 28.5 Å². The standard InChI is InChI=1S/C32H24FN3O6S2/c33-16-6-8-17(9-7-16)35-30(37)25-20-13-21(26(25)31(35)38)27-24(20)23(28-29(43-27)34-32(39)44-28)19-12-18(36(40)41)10-11-22(19)42-14-15-4-2-1-3-5-15/h1-12,20-21,23-27H,13-14H2,(H,34,39)/t20-,21-,23?,24?,25?,26?,27?/m1/s1. The third-order valence-corrected chi connectivity index (χ3v) is 12.2. The van der Waals surface area contributed by atoms with Gasteiger partial charge < -0.3 is 9.72 Å². The molecule has 0 radical (unpaired) electrons. The van der Waals surface area contributed by atoms with E-state index in [1.54, 1.807) is 6.07 Å². The van der Waals surface area contributed by atoms with E-state index in [0.29, 0.717) is 28.4 Å². The molecule has 4 aromatic rings. The zero-order valence-electron chi connectivity index (χ0n) is 22.9. The molecule has 2 aliphatic heterocycles. The number of thioether (sulfide) groups is 1. The largest absolute Gasteiger partial charge is 0.489 e. The van der Waals surface area contributed by atoms with Gasteiger partial charge in [-0.1, -0.05) is 41.7 Å². The van der Waals surface area contributed by atoms with Crippen molar-refractivity contribution in [2.75, 3.05) is 4.90 Å². The van der Waals surface area contributed by atoms with Crippen molar-refractivity contribution in [1.82, 2.24) is 4.98 Å². The van der Waals surface area contributed by atoms with Gasteiger partial charge in [0.25, 0.3) is 5.69 Å². The maximum absolute atomic E-state index is 13.9. The van der Waals surface area contributed by atoms with Crippen LogP contribution in [0.1, 0.15) is 28.3 Å². The molecule has 4 aliphatic rings. The number of nitrogens with one attached hydrogen (secondary N) is 1. The Morgan fingerprint density at radius 3 is 2.43 bits per heavy atom. The van der Waals surface area contributed by atoms with Gasteiger partial charge >= 0.3 is 4.87 Å². The number of ether oxygens (including phenoxy) is 1. The van der Waals surface area contributed by atoms with Crippen molar-refractivity contribution in [3.05, 3.63) is 114 Å². The number of thiazole rings is 1. The minimum absolute atomic E-state index is 0.0955. The van der Waals surface area contributed by atoms with Crippen LogP contribution in [-0.2, 0) is 16.2 Å². The van der Waals surface area contributed by atoms with Gasteiger partial charge in [0.2, 0.25) is 11.8 Å². The maximum atomic E-state index is 13.9. The summed E-state index contributed by atoms with van der Waals surface area (Å²) in [7, 11) is 0. The molecule has 1 aromatic heterocycles. The van der Waals surface area contributed by atoms with Crippen LogP contribution >= 0.6 is 23.1 Å². The summed E-state index contributed by atoms with van der Waals surface area (Å²) in [6.07, 6.45) is 0.664. The SMILES string of the molecule is O=C1C2C(C(=O)N1c1ccc(F)cc1)[C@@H]1C[C@H]2C2Sc3[nH]c(=O)sc3C(c3cc([N+](=O)[O-])ccc3OCc3ccccc3)C21. The number of hydrogen-bond acceptors (Lipinski definition) is 8. The Morgan fingerprint density at radius 1 is 0.977 bits per heavy atom. The van der Waals surface area contributed by atoms with Gasteiger partial charge in [0.15, 0.2) is 0 Å². The fourth-order valence-corrected chi connectivity index (χ4v) is 10.8.